The summed E-state index contributed by atoms with van der Waals surface area (Å²) >= 11 is 0. The third kappa shape index (κ3) is 3.95. The highest BCUT2D eigenvalue weighted by Gasteiger charge is 2.23. The van der Waals surface area contributed by atoms with Gasteiger partial charge in [0.05, 0.1) is 34.5 Å². The van der Waals surface area contributed by atoms with Crippen LogP contribution in [0.5, 0.6) is 23.0 Å². The Morgan fingerprint density at radius 1 is 0.852 bits per heavy atom. The fraction of sp³-hybridized carbons (Fsp3) is 0.238. The highest BCUT2D eigenvalue weighted by atomic mass is 16.5. The summed E-state index contributed by atoms with van der Waals surface area (Å²) in [5.74, 6) is 3.12. The van der Waals surface area contributed by atoms with Crippen LogP contribution in [-0.4, -0.2) is 33.4 Å². The highest BCUT2D eigenvalue weighted by Crippen LogP contribution is 2.35. The first-order chi connectivity index (χ1) is 13.2. The minimum absolute atomic E-state index is 0.0390. The van der Waals surface area contributed by atoms with Crippen LogP contribution in [0.3, 0.4) is 0 Å². The highest BCUT2D eigenvalue weighted by molar-refractivity contribution is 5.59. The molecule has 0 spiro atoms. The van der Waals surface area contributed by atoms with E-state index in [0.29, 0.717) is 0 Å². The van der Waals surface area contributed by atoms with Crippen molar-refractivity contribution in [3.8, 4) is 23.0 Å². The van der Waals surface area contributed by atoms with Crippen molar-refractivity contribution in [3.05, 3.63) is 66.0 Å². The minimum Gasteiger partial charge on any atom is -0.497 e. The Morgan fingerprint density at radius 2 is 1.52 bits per heavy atom. The molecule has 0 amide bonds. The Labute approximate surface area is 159 Å². The topological polar surface area (TPSA) is 52.2 Å². The molecule has 0 aromatic heterocycles. The summed E-state index contributed by atoms with van der Waals surface area (Å²) in [6.45, 7) is 0. The monoisotopic (exact) mass is 368 g/mol. The zero-order chi connectivity index (χ0) is 19.2. The van der Waals surface area contributed by atoms with Crippen LogP contribution in [0.2, 0.25) is 0 Å². The second kappa shape index (κ2) is 8.40. The van der Waals surface area contributed by atoms with Gasteiger partial charge in [-0.25, -0.2) is 0 Å². The van der Waals surface area contributed by atoms with Gasteiger partial charge < -0.3 is 24.4 Å². The molecule has 2 aromatic rings. The molecule has 0 bridgehead atoms. The molecule has 1 aliphatic heterocycles. The smallest absolute Gasteiger partial charge is 0.126 e. The lowest BCUT2D eigenvalue weighted by Gasteiger charge is -2.25. The van der Waals surface area contributed by atoms with Gasteiger partial charge in [0, 0.05) is 23.5 Å². The number of benzene rings is 2. The van der Waals surface area contributed by atoms with Gasteiger partial charge in [-0.15, -0.1) is 0 Å². The largest absolute Gasteiger partial charge is 0.497 e. The van der Waals surface area contributed by atoms with Crippen LogP contribution in [0.4, 0.5) is 0 Å². The lowest BCUT2D eigenvalue weighted by molar-refractivity contribution is 0.288. The normalized spacial score (nSPS) is 15.7. The van der Waals surface area contributed by atoms with E-state index >= 15 is 0 Å². The molecule has 0 radical (unpaired) electrons. The molecule has 0 fully saturated rings. The number of ether oxygens (including phenoxy) is 4. The van der Waals surface area contributed by atoms with Gasteiger partial charge in [0.15, 0.2) is 0 Å². The van der Waals surface area contributed by atoms with Gasteiger partial charge in [-0.05, 0) is 48.6 Å². The first-order valence-corrected chi connectivity index (χ1v) is 8.53. The number of nitrogens with one attached hydrogen (secondary N) is 1. The van der Waals surface area contributed by atoms with Gasteiger partial charge in [0.1, 0.15) is 23.0 Å². The fourth-order valence-corrected chi connectivity index (χ4v) is 2.98. The van der Waals surface area contributed by atoms with Crippen LogP contribution in [0, 0.1) is 0 Å². The van der Waals surface area contributed by atoms with Crippen LogP contribution in [0.1, 0.15) is 17.2 Å². The van der Waals surface area contributed by atoms with Crippen LogP contribution in [0.25, 0.3) is 6.08 Å². The van der Waals surface area contributed by atoms with E-state index in [-0.39, 0.29) is 6.04 Å². The molecular formula is C21H24N2O4. The van der Waals surface area contributed by atoms with Crippen LogP contribution < -0.4 is 24.4 Å². The summed E-state index contributed by atoms with van der Waals surface area (Å²) in [4.78, 5) is 0. The van der Waals surface area contributed by atoms with E-state index in [1.54, 1.807) is 28.4 Å². The molecule has 1 N–H and O–H groups in total. The van der Waals surface area contributed by atoms with E-state index in [4.69, 9.17) is 18.9 Å². The van der Waals surface area contributed by atoms with Gasteiger partial charge in [-0.2, -0.15) is 0 Å². The molecule has 1 unspecified atom stereocenters. The first kappa shape index (κ1) is 18.5. The molecule has 3 rings (SSSR count). The predicted octanol–water partition coefficient (Wildman–Crippen LogP) is 3.77. The summed E-state index contributed by atoms with van der Waals surface area (Å²) in [5.41, 5.74) is 5.15. The predicted molar refractivity (Wildman–Crippen MR) is 105 cm³/mol. The van der Waals surface area contributed by atoms with Crippen molar-refractivity contribution in [1.82, 2.24) is 10.4 Å². The van der Waals surface area contributed by atoms with Crippen molar-refractivity contribution in [2.45, 2.75) is 6.04 Å². The number of hydrogen-bond acceptors (Lipinski definition) is 6. The van der Waals surface area contributed by atoms with Gasteiger partial charge in [-0.1, -0.05) is 0 Å². The molecule has 1 aliphatic rings. The van der Waals surface area contributed by atoms with Crippen molar-refractivity contribution in [3.63, 3.8) is 0 Å². The lowest BCUT2D eigenvalue weighted by Crippen LogP contribution is -2.27. The van der Waals surface area contributed by atoms with Crippen LogP contribution in [-0.2, 0) is 0 Å². The van der Waals surface area contributed by atoms with Crippen LogP contribution >= 0.6 is 0 Å². The number of nitrogens with zero attached hydrogens (tertiary/aromatic N) is 1. The molecule has 1 atom stereocenters. The molecule has 1 heterocycles. The van der Waals surface area contributed by atoms with Crippen molar-refractivity contribution in [2.24, 2.45) is 0 Å². The van der Waals surface area contributed by atoms with Gasteiger partial charge >= 0.3 is 0 Å². The Balaban J connectivity index is 1.89. The number of rotatable bonds is 7. The number of hydrazine groups is 1. The fourth-order valence-electron chi connectivity index (χ4n) is 2.98. The standard InChI is InChI=1S/C21H24N2O4/c1-24-16-5-7-20(26-3)15(13-16)10-12-23-19(9-11-22-23)18-14-17(25-2)6-8-21(18)27-4/h5-14,19,22H,1-4H3. The van der Waals surface area contributed by atoms with Crippen molar-refractivity contribution >= 4 is 6.08 Å². The average Bonchev–Trinajstić information content (AvgIpc) is 3.19. The average molecular weight is 368 g/mol. The zero-order valence-electron chi connectivity index (χ0n) is 15.9. The van der Waals surface area contributed by atoms with E-state index < -0.39 is 0 Å². The second-order valence-electron chi connectivity index (χ2n) is 5.87. The molecule has 6 nitrogen and oxygen atoms in total. The molecule has 27 heavy (non-hydrogen) atoms. The maximum Gasteiger partial charge on any atom is 0.126 e. The summed E-state index contributed by atoms with van der Waals surface area (Å²) in [7, 11) is 6.62. The second-order valence-corrected chi connectivity index (χ2v) is 5.87. The van der Waals surface area contributed by atoms with Crippen molar-refractivity contribution in [2.75, 3.05) is 28.4 Å². The molecule has 142 valence electrons. The Kier molecular flexibility index (Phi) is 5.76. The molecule has 0 saturated heterocycles. The third-order valence-corrected chi connectivity index (χ3v) is 4.41. The maximum atomic E-state index is 5.53. The van der Waals surface area contributed by atoms with E-state index in [1.165, 1.54) is 0 Å². The van der Waals surface area contributed by atoms with E-state index in [0.717, 1.165) is 34.1 Å². The Morgan fingerprint density at radius 3 is 2.19 bits per heavy atom. The SMILES string of the molecule is COc1ccc(OC)c(C=CN2NC=CC2c2cc(OC)ccc2OC)c1. The summed E-state index contributed by atoms with van der Waals surface area (Å²) < 4.78 is 21.6. The molecular weight excluding hydrogens is 344 g/mol. The van der Waals surface area contributed by atoms with Gasteiger partial charge in [-0.3, -0.25) is 5.01 Å². The Bertz CT molecular complexity index is 848. The molecule has 0 saturated carbocycles. The Hall–Kier alpha value is -3.28. The number of methoxy groups -OCH3 is 4. The molecule has 0 aliphatic carbocycles. The van der Waals surface area contributed by atoms with E-state index in [1.807, 2.05) is 59.9 Å². The lowest BCUT2D eigenvalue weighted by atomic mass is 10.1. The maximum absolute atomic E-state index is 5.53. The first-order valence-electron chi connectivity index (χ1n) is 8.53. The zero-order valence-corrected chi connectivity index (χ0v) is 15.9. The van der Waals surface area contributed by atoms with Crippen molar-refractivity contribution < 1.29 is 18.9 Å². The summed E-state index contributed by atoms with van der Waals surface area (Å²) in [6.07, 6.45) is 7.89. The molecule has 6 heteroatoms. The quantitative estimate of drug-likeness (QED) is 0.803. The van der Waals surface area contributed by atoms with E-state index in [9.17, 15) is 0 Å². The van der Waals surface area contributed by atoms with E-state index in [2.05, 4.69) is 11.5 Å². The number of hydrogen-bond donors (Lipinski definition) is 1. The summed E-state index contributed by atoms with van der Waals surface area (Å²) in [6, 6.07) is 11.4. The van der Waals surface area contributed by atoms with Gasteiger partial charge in [0.2, 0.25) is 0 Å². The minimum atomic E-state index is -0.0390. The molecule has 2 aromatic carbocycles. The van der Waals surface area contributed by atoms with Crippen LogP contribution in [0.15, 0.2) is 54.9 Å². The summed E-state index contributed by atoms with van der Waals surface area (Å²) in [5, 5.41) is 1.98. The van der Waals surface area contributed by atoms with Gasteiger partial charge in [0.25, 0.3) is 0 Å². The van der Waals surface area contributed by atoms with Crippen molar-refractivity contribution in [1.29, 1.82) is 0 Å². The third-order valence-electron chi connectivity index (χ3n) is 4.41.